The van der Waals surface area contributed by atoms with Gasteiger partial charge in [-0.05, 0) is 24.8 Å². The number of carbonyl (C=O) groups excluding carboxylic acids is 1. The molecule has 0 bridgehead atoms. The minimum Gasteiger partial charge on any atom is -0.346 e. The van der Waals surface area contributed by atoms with E-state index in [0.717, 1.165) is 17.0 Å². The highest BCUT2D eigenvalue weighted by Crippen LogP contribution is 2.48. The molecule has 144 valence electrons. The summed E-state index contributed by atoms with van der Waals surface area (Å²) < 4.78 is 21.7. The van der Waals surface area contributed by atoms with Gasteiger partial charge in [-0.2, -0.15) is 15.7 Å². The zero-order valence-electron chi connectivity index (χ0n) is 15.3. The summed E-state index contributed by atoms with van der Waals surface area (Å²) in [6, 6.07) is 9.83. The molecule has 0 atom stereocenters. The molecular formula is C19H24N4O3S. The molecule has 1 aromatic carbocycles. The molecule has 2 aliphatic rings. The number of amides is 1. The average Bonchev–Trinajstić information content (AvgIpc) is 2.94. The van der Waals surface area contributed by atoms with Crippen LogP contribution in [0.2, 0.25) is 0 Å². The van der Waals surface area contributed by atoms with Gasteiger partial charge in [0, 0.05) is 11.5 Å². The molecule has 1 saturated heterocycles. The zero-order chi connectivity index (χ0) is 19.0. The summed E-state index contributed by atoms with van der Waals surface area (Å²) in [5, 5.41) is 7.65. The predicted octanol–water partition coefficient (Wildman–Crippen LogP) is 3.40. The van der Waals surface area contributed by atoms with Gasteiger partial charge in [-0.15, -0.1) is 0 Å². The molecule has 0 saturated carbocycles. The maximum atomic E-state index is 12.7. The van der Waals surface area contributed by atoms with Crippen LogP contribution < -0.4 is 5.32 Å². The third-order valence-corrected chi connectivity index (χ3v) is 6.96. The molecule has 0 radical (unpaired) electrons. The standard InChI is InChI=1S/C19H24N4O3S/c1-2-15-17-18(23(22-15)14-8-10-27(25,26)11-9-14)21-16(12-20-19(17)24)13-6-4-3-5-7-13/h3-7,14,25-26H,2,8-12H2,1H3,(H,20,24). The van der Waals surface area contributed by atoms with Crippen LogP contribution in [0.5, 0.6) is 0 Å². The zero-order valence-corrected chi connectivity index (χ0v) is 16.1. The van der Waals surface area contributed by atoms with Crippen LogP contribution >= 0.6 is 10.6 Å². The van der Waals surface area contributed by atoms with Gasteiger partial charge < -0.3 is 5.32 Å². The third-order valence-electron chi connectivity index (χ3n) is 5.19. The molecule has 0 aliphatic carbocycles. The minimum absolute atomic E-state index is 0.0191. The SMILES string of the molecule is CCc1nn(C2CCS(O)(O)CC2)c2c1C(=O)NCC(c1ccccc1)=N2. The van der Waals surface area contributed by atoms with Gasteiger partial charge in [-0.25, -0.2) is 9.67 Å². The van der Waals surface area contributed by atoms with Crippen molar-refractivity contribution < 1.29 is 13.9 Å². The molecule has 8 heteroatoms. The van der Waals surface area contributed by atoms with Gasteiger partial charge in [0.2, 0.25) is 0 Å². The Labute approximate surface area is 159 Å². The quantitative estimate of drug-likeness (QED) is 0.750. The molecular weight excluding hydrogens is 364 g/mol. The second-order valence-corrected chi connectivity index (χ2v) is 9.41. The van der Waals surface area contributed by atoms with Gasteiger partial charge in [0.15, 0.2) is 5.82 Å². The van der Waals surface area contributed by atoms with Crippen LogP contribution in [0.3, 0.4) is 0 Å². The number of nitrogens with zero attached hydrogens (tertiary/aromatic N) is 3. The summed E-state index contributed by atoms with van der Waals surface area (Å²) in [4.78, 5) is 17.6. The number of carbonyl (C=O) groups is 1. The van der Waals surface area contributed by atoms with Crippen molar-refractivity contribution in [1.29, 1.82) is 0 Å². The summed E-state index contributed by atoms with van der Waals surface area (Å²) in [6.07, 6.45) is 1.88. The Balaban J connectivity index is 1.80. The van der Waals surface area contributed by atoms with Crippen molar-refractivity contribution in [3.05, 3.63) is 47.2 Å². The number of aryl methyl sites for hydroxylation is 1. The summed E-state index contributed by atoms with van der Waals surface area (Å²) in [6.45, 7) is 2.34. The fourth-order valence-corrected chi connectivity index (χ4v) is 5.17. The number of hydrogen-bond acceptors (Lipinski definition) is 5. The third kappa shape index (κ3) is 3.52. The Morgan fingerprint density at radius 3 is 2.59 bits per heavy atom. The normalized spacial score (nSPS) is 21.0. The molecule has 1 aromatic heterocycles. The lowest BCUT2D eigenvalue weighted by Gasteiger charge is -2.39. The van der Waals surface area contributed by atoms with Crippen molar-refractivity contribution in [2.24, 2.45) is 4.99 Å². The predicted molar refractivity (Wildman–Crippen MR) is 107 cm³/mol. The smallest absolute Gasteiger partial charge is 0.257 e. The minimum atomic E-state index is -2.47. The Hall–Kier alpha value is -2.16. The Kier molecular flexibility index (Phi) is 4.79. The number of aromatic nitrogens is 2. The van der Waals surface area contributed by atoms with Crippen LogP contribution in [0.25, 0.3) is 0 Å². The van der Waals surface area contributed by atoms with E-state index in [1.165, 1.54) is 0 Å². The molecule has 1 fully saturated rings. The molecule has 27 heavy (non-hydrogen) atoms. The number of fused-ring (bicyclic) bond motifs is 1. The highest BCUT2D eigenvalue weighted by atomic mass is 32.3. The first-order valence-electron chi connectivity index (χ1n) is 9.24. The monoisotopic (exact) mass is 388 g/mol. The summed E-state index contributed by atoms with van der Waals surface area (Å²) in [5.74, 6) is 1.18. The topological polar surface area (TPSA) is 99.7 Å². The van der Waals surface area contributed by atoms with E-state index < -0.39 is 10.6 Å². The van der Waals surface area contributed by atoms with Crippen LogP contribution in [0.4, 0.5) is 5.82 Å². The van der Waals surface area contributed by atoms with Crippen molar-refractivity contribution in [1.82, 2.24) is 15.1 Å². The molecule has 0 spiro atoms. The molecule has 4 rings (SSSR count). The van der Waals surface area contributed by atoms with Crippen LogP contribution in [-0.2, 0) is 6.42 Å². The maximum absolute atomic E-state index is 12.7. The lowest BCUT2D eigenvalue weighted by atomic mass is 10.1. The fourth-order valence-electron chi connectivity index (χ4n) is 3.67. The Morgan fingerprint density at radius 2 is 1.93 bits per heavy atom. The van der Waals surface area contributed by atoms with Crippen molar-refractivity contribution in [2.45, 2.75) is 32.2 Å². The molecule has 1 amide bonds. The Morgan fingerprint density at radius 1 is 1.22 bits per heavy atom. The second kappa shape index (κ2) is 7.10. The van der Waals surface area contributed by atoms with Gasteiger partial charge in [0.25, 0.3) is 5.91 Å². The van der Waals surface area contributed by atoms with Crippen LogP contribution in [0.1, 0.15) is 47.4 Å². The molecule has 2 aliphatic heterocycles. The summed E-state index contributed by atoms with van der Waals surface area (Å²) in [7, 11) is -2.47. The van der Waals surface area contributed by atoms with Crippen molar-refractivity contribution in [3.8, 4) is 0 Å². The van der Waals surface area contributed by atoms with E-state index in [0.29, 0.717) is 48.7 Å². The van der Waals surface area contributed by atoms with Crippen molar-refractivity contribution in [2.75, 3.05) is 18.1 Å². The van der Waals surface area contributed by atoms with Crippen molar-refractivity contribution in [3.63, 3.8) is 0 Å². The van der Waals surface area contributed by atoms with Gasteiger partial charge >= 0.3 is 0 Å². The molecule has 0 unspecified atom stereocenters. The van der Waals surface area contributed by atoms with Gasteiger partial charge in [-0.1, -0.05) is 37.3 Å². The van der Waals surface area contributed by atoms with E-state index in [9.17, 15) is 13.9 Å². The van der Waals surface area contributed by atoms with E-state index in [1.54, 1.807) is 0 Å². The summed E-state index contributed by atoms with van der Waals surface area (Å²) in [5.41, 5.74) is 3.04. The number of aliphatic imine (C=N–C) groups is 1. The molecule has 2 aromatic rings. The average molecular weight is 388 g/mol. The number of benzene rings is 1. The highest BCUT2D eigenvalue weighted by Gasteiger charge is 2.32. The van der Waals surface area contributed by atoms with Gasteiger partial charge in [0.05, 0.1) is 24.0 Å². The first kappa shape index (κ1) is 18.2. The molecule has 3 heterocycles. The maximum Gasteiger partial charge on any atom is 0.257 e. The van der Waals surface area contributed by atoms with Crippen LogP contribution in [-0.4, -0.2) is 48.6 Å². The summed E-state index contributed by atoms with van der Waals surface area (Å²) >= 11 is 0. The first-order chi connectivity index (χ1) is 13.0. The van der Waals surface area contributed by atoms with Crippen molar-refractivity contribution >= 4 is 28.0 Å². The lowest BCUT2D eigenvalue weighted by Crippen LogP contribution is -2.28. The van der Waals surface area contributed by atoms with Gasteiger partial charge in [-0.3, -0.25) is 13.9 Å². The number of nitrogens with one attached hydrogen (secondary N) is 1. The molecule has 7 nitrogen and oxygen atoms in total. The number of hydrogen-bond donors (Lipinski definition) is 3. The largest absolute Gasteiger partial charge is 0.346 e. The van der Waals surface area contributed by atoms with E-state index >= 15 is 0 Å². The first-order valence-corrected chi connectivity index (χ1v) is 11.1. The fraction of sp³-hybridized carbons (Fsp3) is 0.421. The van der Waals surface area contributed by atoms with E-state index in [4.69, 9.17) is 10.1 Å². The van der Waals surface area contributed by atoms with E-state index in [1.807, 2.05) is 41.9 Å². The number of rotatable bonds is 3. The highest BCUT2D eigenvalue weighted by molar-refractivity contribution is 8.24. The van der Waals surface area contributed by atoms with E-state index in [2.05, 4.69) is 5.32 Å². The Bertz CT molecular complexity index is 882. The van der Waals surface area contributed by atoms with Crippen LogP contribution in [0.15, 0.2) is 35.3 Å². The second-order valence-electron chi connectivity index (χ2n) is 6.99. The van der Waals surface area contributed by atoms with Gasteiger partial charge in [0.1, 0.15) is 5.56 Å². The molecule has 3 N–H and O–H groups in total. The van der Waals surface area contributed by atoms with E-state index in [-0.39, 0.29) is 11.9 Å². The van der Waals surface area contributed by atoms with Crippen LogP contribution in [0, 0.1) is 0 Å². The lowest BCUT2D eigenvalue weighted by molar-refractivity contribution is 0.0960.